The number of nitrogens with zero attached hydrogens (tertiary/aromatic N) is 5. The second-order valence-corrected chi connectivity index (χ2v) is 13.0. The third-order valence-corrected chi connectivity index (χ3v) is 10.1. The van der Waals surface area contributed by atoms with E-state index < -0.39 is 5.25 Å². The van der Waals surface area contributed by atoms with Crippen LogP contribution in [0.4, 0.5) is 5.82 Å². The normalized spacial score (nSPS) is 16.5. The number of aryl methyl sites for hydroxylation is 1. The van der Waals surface area contributed by atoms with Gasteiger partial charge in [0.15, 0.2) is 0 Å². The number of aromatic nitrogens is 2. The van der Waals surface area contributed by atoms with Gasteiger partial charge >= 0.3 is 0 Å². The van der Waals surface area contributed by atoms with E-state index in [0.29, 0.717) is 54.2 Å². The minimum absolute atomic E-state index is 0.0165. The van der Waals surface area contributed by atoms with Crippen LogP contribution in [-0.2, 0) is 14.4 Å². The van der Waals surface area contributed by atoms with Crippen molar-refractivity contribution in [3.63, 3.8) is 0 Å². The topological polar surface area (TPSA) is 97.2 Å². The highest BCUT2D eigenvalue weighted by atomic mass is 35.5. The molecule has 0 saturated carbocycles. The summed E-state index contributed by atoms with van der Waals surface area (Å²) in [6, 6.07) is 21.0. The number of hydrogen-bond donors (Lipinski definition) is 0. The maximum absolute atomic E-state index is 14.2. The number of ether oxygens (including phenoxy) is 2. The van der Waals surface area contributed by atoms with Crippen molar-refractivity contribution in [1.82, 2.24) is 19.6 Å². The van der Waals surface area contributed by atoms with Gasteiger partial charge in [0.2, 0.25) is 17.7 Å². The summed E-state index contributed by atoms with van der Waals surface area (Å²) in [5, 5.41) is 5.34. The quantitative estimate of drug-likeness (QED) is 0.260. The van der Waals surface area contributed by atoms with E-state index in [0.717, 1.165) is 27.9 Å². The molecule has 244 valence electrons. The van der Waals surface area contributed by atoms with Gasteiger partial charge in [-0.15, -0.1) is 11.8 Å². The van der Waals surface area contributed by atoms with Gasteiger partial charge in [0.25, 0.3) is 0 Å². The van der Waals surface area contributed by atoms with Crippen LogP contribution in [0.2, 0.25) is 5.02 Å². The van der Waals surface area contributed by atoms with E-state index in [4.69, 9.17) is 26.2 Å². The van der Waals surface area contributed by atoms with Crippen molar-refractivity contribution >= 4 is 46.9 Å². The Hall–Kier alpha value is -4.48. The number of hydrogen-bond acceptors (Lipinski definition) is 7. The number of thioether (sulfide) groups is 1. The lowest BCUT2D eigenvalue weighted by Crippen LogP contribution is -2.53. The minimum atomic E-state index is -0.414. The number of carbonyl (C=O) groups is 3. The number of amides is 3. The number of fused-ring (bicyclic) bond motifs is 1. The Labute approximate surface area is 283 Å². The fourth-order valence-corrected chi connectivity index (χ4v) is 7.34. The third-order valence-electron chi connectivity index (χ3n) is 8.58. The molecule has 4 aromatic rings. The van der Waals surface area contributed by atoms with Crippen molar-refractivity contribution in [1.29, 1.82) is 0 Å². The van der Waals surface area contributed by atoms with Crippen molar-refractivity contribution < 1.29 is 23.9 Å². The molecule has 2 aliphatic heterocycles. The zero-order valence-corrected chi connectivity index (χ0v) is 28.3. The van der Waals surface area contributed by atoms with E-state index in [1.54, 1.807) is 33.6 Å². The molecule has 1 atom stereocenters. The first-order valence-electron chi connectivity index (χ1n) is 15.3. The molecule has 6 rings (SSSR count). The number of carbonyl (C=O) groups excluding carboxylic acids is 3. The van der Waals surface area contributed by atoms with Crippen molar-refractivity contribution in [2.45, 2.75) is 19.1 Å². The van der Waals surface area contributed by atoms with Gasteiger partial charge in [-0.2, -0.15) is 5.10 Å². The number of benzene rings is 3. The van der Waals surface area contributed by atoms with Crippen LogP contribution in [0, 0.1) is 6.92 Å². The molecule has 47 heavy (non-hydrogen) atoms. The van der Waals surface area contributed by atoms with Crippen molar-refractivity contribution in [2.75, 3.05) is 57.6 Å². The Kier molecular flexibility index (Phi) is 9.47. The molecule has 0 radical (unpaired) electrons. The fourth-order valence-electron chi connectivity index (χ4n) is 6.00. The molecule has 3 aromatic carbocycles. The molecule has 3 amide bonds. The van der Waals surface area contributed by atoms with Gasteiger partial charge in [0.05, 0.1) is 36.6 Å². The smallest absolute Gasteiger partial charge is 0.242 e. The molecule has 1 saturated heterocycles. The number of piperazine rings is 1. The average Bonchev–Trinajstić information content (AvgIpc) is 3.41. The minimum Gasteiger partial charge on any atom is -0.497 e. The van der Waals surface area contributed by atoms with Crippen molar-refractivity contribution in [3.05, 3.63) is 88.4 Å². The van der Waals surface area contributed by atoms with E-state index in [-0.39, 0.29) is 30.0 Å². The lowest BCUT2D eigenvalue weighted by Gasteiger charge is -2.35. The molecule has 10 nitrogen and oxygen atoms in total. The van der Waals surface area contributed by atoms with Crippen LogP contribution < -0.4 is 14.4 Å². The number of halogens is 1. The fraction of sp³-hybridized carbons (Fsp3) is 0.314. The molecule has 12 heteroatoms. The molecule has 0 spiro atoms. The Morgan fingerprint density at radius 1 is 0.936 bits per heavy atom. The second-order valence-electron chi connectivity index (χ2n) is 11.5. The maximum Gasteiger partial charge on any atom is 0.242 e. The summed E-state index contributed by atoms with van der Waals surface area (Å²) in [4.78, 5) is 45.0. The summed E-state index contributed by atoms with van der Waals surface area (Å²) in [6.45, 7) is 5.08. The van der Waals surface area contributed by atoms with Crippen LogP contribution in [-0.4, -0.2) is 90.0 Å². The first-order valence-corrected chi connectivity index (χ1v) is 16.7. The maximum atomic E-state index is 14.2. The van der Waals surface area contributed by atoms with E-state index in [1.807, 2.05) is 73.7 Å². The first kappa shape index (κ1) is 32.5. The lowest BCUT2D eigenvalue weighted by molar-refractivity contribution is -0.137. The summed E-state index contributed by atoms with van der Waals surface area (Å²) in [6.07, 6.45) is 0. The van der Waals surface area contributed by atoms with E-state index >= 15 is 0 Å². The van der Waals surface area contributed by atoms with E-state index in [9.17, 15) is 14.4 Å². The van der Waals surface area contributed by atoms with Gasteiger partial charge in [-0.25, -0.2) is 4.68 Å². The molecule has 1 fully saturated rings. The summed E-state index contributed by atoms with van der Waals surface area (Å²) < 4.78 is 13.2. The predicted octanol–water partition coefficient (Wildman–Crippen LogP) is 5.38. The van der Waals surface area contributed by atoms with Crippen LogP contribution in [0.3, 0.4) is 0 Å². The standard InChI is InChI=1S/C35H36ClN5O5S/c1-22-5-11-26(12-6-22)41-35-32(33(37-41)24-7-9-25(36)10-8-24)34(28-19-27(45-3)13-14-29(28)46-4)47-21-31(44)40(35)20-30(43)39-17-15-38(16-18-39)23(2)42/h5-14,19,34H,15-18,20-21H2,1-4H3/t34-/m0/s1. The van der Waals surface area contributed by atoms with Crippen LogP contribution in [0.5, 0.6) is 11.5 Å². The van der Waals surface area contributed by atoms with Crippen LogP contribution in [0.15, 0.2) is 66.7 Å². The zero-order valence-electron chi connectivity index (χ0n) is 26.7. The SMILES string of the molecule is COc1ccc(OC)c([C@@H]2SCC(=O)N(CC(=O)N3CCN(C(C)=O)CC3)c3c2c(-c2ccc(Cl)cc2)nn3-c2ccc(C)cc2)c1. The van der Waals surface area contributed by atoms with Crippen LogP contribution in [0.1, 0.15) is 28.9 Å². The highest BCUT2D eigenvalue weighted by Crippen LogP contribution is 2.51. The Morgan fingerprint density at radius 2 is 1.62 bits per heavy atom. The molecular weight excluding hydrogens is 638 g/mol. The molecular formula is C35H36ClN5O5S. The number of methoxy groups -OCH3 is 2. The largest absolute Gasteiger partial charge is 0.497 e. The van der Waals surface area contributed by atoms with E-state index in [2.05, 4.69) is 0 Å². The molecule has 0 bridgehead atoms. The monoisotopic (exact) mass is 673 g/mol. The summed E-state index contributed by atoms with van der Waals surface area (Å²) in [5.74, 6) is 1.48. The molecule has 3 heterocycles. The van der Waals surface area contributed by atoms with Gasteiger partial charge in [-0.1, -0.05) is 41.4 Å². The van der Waals surface area contributed by atoms with Crippen molar-refractivity contribution in [3.8, 4) is 28.4 Å². The lowest BCUT2D eigenvalue weighted by atomic mass is 9.98. The number of rotatable bonds is 7. The third kappa shape index (κ3) is 6.55. The summed E-state index contributed by atoms with van der Waals surface area (Å²) >= 11 is 7.76. The molecule has 2 aliphatic rings. The molecule has 1 aromatic heterocycles. The Morgan fingerprint density at radius 3 is 2.26 bits per heavy atom. The predicted molar refractivity (Wildman–Crippen MR) is 184 cm³/mol. The highest BCUT2D eigenvalue weighted by molar-refractivity contribution is 8.00. The van der Waals surface area contributed by atoms with Crippen molar-refractivity contribution in [2.24, 2.45) is 0 Å². The molecule has 0 N–H and O–H groups in total. The first-order chi connectivity index (χ1) is 22.7. The molecule has 0 unspecified atom stereocenters. The second kappa shape index (κ2) is 13.7. The summed E-state index contributed by atoms with van der Waals surface area (Å²) in [5.41, 5.74) is 4.87. The van der Waals surface area contributed by atoms with E-state index in [1.165, 1.54) is 18.7 Å². The van der Waals surface area contributed by atoms with Crippen LogP contribution >= 0.6 is 23.4 Å². The Balaban J connectivity index is 1.56. The van der Waals surface area contributed by atoms with Crippen LogP contribution in [0.25, 0.3) is 16.9 Å². The van der Waals surface area contributed by atoms with Gasteiger partial charge in [0, 0.05) is 54.8 Å². The highest BCUT2D eigenvalue weighted by Gasteiger charge is 2.39. The van der Waals surface area contributed by atoms with Gasteiger partial charge in [0.1, 0.15) is 23.9 Å². The Bertz CT molecular complexity index is 1800. The zero-order chi connectivity index (χ0) is 33.2. The van der Waals surface area contributed by atoms with Gasteiger partial charge in [-0.05, 0) is 49.4 Å². The van der Waals surface area contributed by atoms with Gasteiger partial charge in [-0.3, -0.25) is 19.3 Å². The van der Waals surface area contributed by atoms with Gasteiger partial charge < -0.3 is 19.3 Å². The molecule has 0 aliphatic carbocycles. The average molecular weight is 674 g/mol. The summed E-state index contributed by atoms with van der Waals surface area (Å²) in [7, 11) is 3.23. The number of anilines is 1.